The number of benzene rings is 1. The number of amides is 1. The molecule has 1 N–H and O–H groups in total. The zero-order valence-corrected chi connectivity index (χ0v) is 12.8. The average molecular weight is 291 g/mol. The van der Waals surface area contributed by atoms with Crippen molar-refractivity contribution < 1.29 is 9.53 Å². The van der Waals surface area contributed by atoms with E-state index < -0.39 is 0 Å². The van der Waals surface area contributed by atoms with Gasteiger partial charge < -0.3 is 15.0 Å². The highest BCUT2D eigenvalue weighted by atomic mass is 16.5. The lowest BCUT2D eigenvalue weighted by molar-refractivity contribution is -0.132. The van der Waals surface area contributed by atoms with Crippen molar-refractivity contribution in [2.24, 2.45) is 0 Å². The summed E-state index contributed by atoms with van der Waals surface area (Å²) in [5.41, 5.74) is 1.33. The molecule has 0 saturated carbocycles. The third-order valence-corrected chi connectivity index (χ3v) is 3.73. The maximum Gasteiger partial charge on any atom is 0.236 e. The van der Waals surface area contributed by atoms with Crippen LogP contribution in [0.4, 0.5) is 0 Å². The summed E-state index contributed by atoms with van der Waals surface area (Å²) in [6.45, 7) is 6.25. The number of carbonyl (C=O) groups is 1. The van der Waals surface area contributed by atoms with Crippen molar-refractivity contribution in [2.45, 2.75) is 6.54 Å². The van der Waals surface area contributed by atoms with Gasteiger partial charge in [0.1, 0.15) is 0 Å². The first kappa shape index (κ1) is 15.9. The maximum atomic E-state index is 12.0. The van der Waals surface area contributed by atoms with Gasteiger partial charge in [-0.05, 0) is 5.56 Å². The van der Waals surface area contributed by atoms with Crippen molar-refractivity contribution in [1.82, 2.24) is 15.1 Å². The van der Waals surface area contributed by atoms with E-state index >= 15 is 0 Å². The van der Waals surface area contributed by atoms with Gasteiger partial charge in [-0.15, -0.1) is 0 Å². The van der Waals surface area contributed by atoms with Gasteiger partial charge in [0, 0.05) is 46.4 Å². The van der Waals surface area contributed by atoms with Crippen LogP contribution >= 0.6 is 0 Å². The number of methoxy groups -OCH3 is 1. The van der Waals surface area contributed by atoms with Crippen LogP contribution in [0.5, 0.6) is 0 Å². The maximum absolute atomic E-state index is 12.0. The second kappa shape index (κ2) is 8.77. The minimum Gasteiger partial charge on any atom is -0.383 e. The molecular formula is C16H25N3O2. The summed E-state index contributed by atoms with van der Waals surface area (Å²) < 4.78 is 4.95. The van der Waals surface area contributed by atoms with Crippen LogP contribution in [0.15, 0.2) is 30.3 Å². The predicted molar refractivity (Wildman–Crippen MR) is 83.0 cm³/mol. The summed E-state index contributed by atoms with van der Waals surface area (Å²) in [5, 5.41) is 3.10. The number of hydrogen-bond acceptors (Lipinski definition) is 4. The molecule has 1 aromatic carbocycles. The van der Waals surface area contributed by atoms with Gasteiger partial charge in [0.2, 0.25) is 5.91 Å². The molecule has 1 aromatic rings. The number of ether oxygens (including phenoxy) is 1. The number of nitrogens with one attached hydrogen (secondary N) is 1. The highest BCUT2D eigenvalue weighted by Gasteiger charge is 2.20. The Morgan fingerprint density at radius 3 is 2.57 bits per heavy atom. The zero-order chi connectivity index (χ0) is 14.9. The van der Waals surface area contributed by atoms with E-state index in [1.165, 1.54) is 5.56 Å². The van der Waals surface area contributed by atoms with Gasteiger partial charge >= 0.3 is 0 Å². The van der Waals surface area contributed by atoms with Crippen LogP contribution in [0, 0.1) is 0 Å². The smallest absolute Gasteiger partial charge is 0.236 e. The molecule has 5 nitrogen and oxygen atoms in total. The molecule has 1 aliphatic rings. The van der Waals surface area contributed by atoms with E-state index in [0.29, 0.717) is 13.2 Å². The molecule has 5 heteroatoms. The number of rotatable bonds is 7. The number of nitrogens with zero attached hydrogens (tertiary/aromatic N) is 2. The van der Waals surface area contributed by atoms with E-state index in [0.717, 1.165) is 39.3 Å². The fourth-order valence-corrected chi connectivity index (χ4v) is 2.48. The molecule has 1 saturated heterocycles. The Morgan fingerprint density at radius 1 is 1.19 bits per heavy atom. The van der Waals surface area contributed by atoms with E-state index in [1.807, 2.05) is 11.0 Å². The Morgan fingerprint density at radius 2 is 1.90 bits per heavy atom. The highest BCUT2D eigenvalue weighted by molar-refractivity contribution is 5.78. The fourth-order valence-electron chi connectivity index (χ4n) is 2.48. The van der Waals surface area contributed by atoms with Crippen molar-refractivity contribution in [2.75, 3.05) is 53.0 Å². The van der Waals surface area contributed by atoms with Crippen molar-refractivity contribution in [3.63, 3.8) is 0 Å². The Kier molecular flexibility index (Phi) is 6.66. The van der Waals surface area contributed by atoms with Crippen LogP contribution in [-0.2, 0) is 16.1 Å². The van der Waals surface area contributed by atoms with Crippen LogP contribution in [0.1, 0.15) is 5.56 Å². The molecular weight excluding hydrogens is 266 g/mol. The molecule has 1 fully saturated rings. The third-order valence-electron chi connectivity index (χ3n) is 3.73. The number of piperazine rings is 1. The Balaban J connectivity index is 1.67. The number of hydrogen-bond donors (Lipinski definition) is 1. The third kappa shape index (κ3) is 5.46. The van der Waals surface area contributed by atoms with Crippen molar-refractivity contribution in [3.05, 3.63) is 35.9 Å². The standard InChI is InChI=1S/C16H25N3O2/c1-21-12-7-17-13-16(20)19-10-8-18(9-11-19)14-15-5-3-2-4-6-15/h2-6,17H,7-14H2,1H3. The monoisotopic (exact) mass is 291 g/mol. The molecule has 0 aromatic heterocycles. The van der Waals surface area contributed by atoms with Gasteiger partial charge in [-0.25, -0.2) is 0 Å². The molecule has 1 amide bonds. The minimum absolute atomic E-state index is 0.186. The molecule has 21 heavy (non-hydrogen) atoms. The van der Waals surface area contributed by atoms with Crippen LogP contribution in [0.25, 0.3) is 0 Å². The first-order valence-corrected chi connectivity index (χ1v) is 7.53. The van der Waals surface area contributed by atoms with Crippen molar-refractivity contribution in [3.8, 4) is 0 Å². The molecule has 116 valence electrons. The molecule has 0 radical (unpaired) electrons. The van der Waals surface area contributed by atoms with Gasteiger partial charge in [0.15, 0.2) is 0 Å². The molecule has 0 aliphatic carbocycles. The van der Waals surface area contributed by atoms with Gasteiger partial charge in [-0.1, -0.05) is 30.3 Å². The van der Waals surface area contributed by atoms with Crippen LogP contribution < -0.4 is 5.32 Å². The first-order valence-electron chi connectivity index (χ1n) is 7.53. The van der Waals surface area contributed by atoms with Gasteiger partial charge in [0.05, 0.1) is 13.2 Å². The van der Waals surface area contributed by atoms with E-state index in [9.17, 15) is 4.79 Å². The van der Waals surface area contributed by atoms with Crippen LogP contribution in [0.2, 0.25) is 0 Å². The Bertz CT molecular complexity index is 417. The first-order chi connectivity index (χ1) is 10.3. The zero-order valence-electron chi connectivity index (χ0n) is 12.8. The largest absolute Gasteiger partial charge is 0.383 e. The summed E-state index contributed by atoms with van der Waals surface area (Å²) >= 11 is 0. The predicted octanol–water partition coefficient (Wildman–Crippen LogP) is 0.567. The van der Waals surface area contributed by atoms with Crippen molar-refractivity contribution >= 4 is 5.91 Å². The fraction of sp³-hybridized carbons (Fsp3) is 0.562. The summed E-state index contributed by atoms with van der Waals surface area (Å²) in [4.78, 5) is 16.4. The topological polar surface area (TPSA) is 44.8 Å². The quantitative estimate of drug-likeness (QED) is 0.746. The normalized spacial score (nSPS) is 16.1. The summed E-state index contributed by atoms with van der Waals surface area (Å²) in [6, 6.07) is 10.5. The van der Waals surface area contributed by atoms with Crippen LogP contribution in [-0.4, -0.2) is 68.7 Å². The van der Waals surface area contributed by atoms with E-state index in [4.69, 9.17) is 4.74 Å². The Labute approximate surface area is 126 Å². The lowest BCUT2D eigenvalue weighted by Gasteiger charge is -2.34. The van der Waals surface area contributed by atoms with E-state index in [1.54, 1.807) is 7.11 Å². The van der Waals surface area contributed by atoms with Crippen LogP contribution in [0.3, 0.4) is 0 Å². The summed E-state index contributed by atoms with van der Waals surface area (Å²) in [5.74, 6) is 0.186. The second-order valence-electron chi connectivity index (χ2n) is 5.31. The van der Waals surface area contributed by atoms with Gasteiger partial charge in [-0.3, -0.25) is 9.69 Å². The molecule has 1 aliphatic heterocycles. The van der Waals surface area contributed by atoms with E-state index in [-0.39, 0.29) is 5.91 Å². The lowest BCUT2D eigenvalue weighted by atomic mass is 10.2. The number of carbonyl (C=O) groups excluding carboxylic acids is 1. The molecule has 2 rings (SSSR count). The molecule has 0 bridgehead atoms. The average Bonchev–Trinajstić information content (AvgIpc) is 2.53. The molecule has 0 spiro atoms. The molecule has 0 atom stereocenters. The lowest BCUT2D eigenvalue weighted by Crippen LogP contribution is -2.50. The second-order valence-corrected chi connectivity index (χ2v) is 5.31. The van der Waals surface area contributed by atoms with E-state index in [2.05, 4.69) is 34.5 Å². The minimum atomic E-state index is 0.186. The molecule has 0 unspecified atom stereocenters. The summed E-state index contributed by atoms with van der Waals surface area (Å²) in [7, 11) is 1.66. The van der Waals surface area contributed by atoms with Gasteiger partial charge in [0.25, 0.3) is 0 Å². The highest BCUT2D eigenvalue weighted by Crippen LogP contribution is 2.08. The SMILES string of the molecule is COCCNCC(=O)N1CCN(Cc2ccccc2)CC1. The van der Waals surface area contributed by atoms with Gasteiger partial charge in [-0.2, -0.15) is 0 Å². The summed E-state index contributed by atoms with van der Waals surface area (Å²) in [6.07, 6.45) is 0. The Hall–Kier alpha value is -1.43. The molecule has 1 heterocycles. The van der Waals surface area contributed by atoms with Crippen molar-refractivity contribution in [1.29, 1.82) is 0 Å².